The van der Waals surface area contributed by atoms with Gasteiger partial charge in [-0.15, -0.1) is 0 Å². The molecular formula is C7H4F4N2. The van der Waals surface area contributed by atoms with Crippen molar-refractivity contribution in [2.24, 2.45) is 0 Å². The molecule has 0 saturated heterocycles. The number of benzene rings is 1. The van der Waals surface area contributed by atoms with Crippen LogP contribution in [0, 0.1) is 5.39 Å². The summed E-state index contributed by atoms with van der Waals surface area (Å²) in [6, 6.07) is 4.54. The minimum absolute atomic E-state index is 0. The lowest BCUT2D eigenvalue weighted by Gasteiger charge is -2.01. The van der Waals surface area contributed by atoms with Crippen LogP contribution in [0.25, 0.3) is 4.98 Å². The van der Waals surface area contributed by atoms with E-state index in [1.807, 2.05) is 0 Å². The third-order valence-corrected chi connectivity index (χ3v) is 1.32. The largest absolute Gasteiger partial charge is 1.00 e. The average Bonchev–Trinajstić information content (AvgIpc) is 2.03. The van der Waals surface area contributed by atoms with Crippen LogP contribution in [0.1, 0.15) is 5.56 Å². The van der Waals surface area contributed by atoms with E-state index in [4.69, 9.17) is 5.39 Å². The Bertz CT molecular complexity index is 326. The maximum Gasteiger partial charge on any atom is 0.424 e. The number of diazo groups is 1. The quantitative estimate of drug-likeness (QED) is 0.426. The number of hydrogen-bond acceptors (Lipinski definition) is 1. The van der Waals surface area contributed by atoms with Crippen molar-refractivity contribution in [2.75, 3.05) is 0 Å². The van der Waals surface area contributed by atoms with E-state index >= 15 is 0 Å². The van der Waals surface area contributed by atoms with Gasteiger partial charge in [0.1, 0.15) is 0 Å². The van der Waals surface area contributed by atoms with Crippen molar-refractivity contribution in [3.63, 3.8) is 0 Å². The molecule has 0 fully saturated rings. The Labute approximate surface area is 71.0 Å². The van der Waals surface area contributed by atoms with Crippen molar-refractivity contribution in [1.82, 2.24) is 0 Å². The van der Waals surface area contributed by atoms with Crippen molar-refractivity contribution >= 4 is 5.69 Å². The summed E-state index contributed by atoms with van der Waals surface area (Å²) in [6.07, 6.45) is -4.47. The van der Waals surface area contributed by atoms with Crippen LogP contribution in [0.5, 0.6) is 0 Å². The third-order valence-electron chi connectivity index (χ3n) is 1.32. The van der Waals surface area contributed by atoms with Gasteiger partial charge in [0.25, 0.3) is 0 Å². The van der Waals surface area contributed by atoms with Gasteiger partial charge in [-0.1, -0.05) is 12.1 Å². The molecule has 0 saturated carbocycles. The van der Waals surface area contributed by atoms with E-state index < -0.39 is 17.4 Å². The normalized spacial score (nSPS) is 10.0. The van der Waals surface area contributed by atoms with Gasteiger partial charge in [-0.25, -0.2) is 0 Å². The predicted molar refractivity (Wildman–Crippen MR) is 36.2 cm³/mol. The Balaban J connectivity index is 0.00000144. The summed E-state index contributed by atoms with van der Waals surface area (Å²) in [5.41, 5.74) is -1.41. The molecular weight excluding hydrogens is 188 g/mol. The lowest BCUT2D eigenvalue weighted by Crippen LogP contribution is -3.00. The third kappa shape index (κ3) is 2.40. The second kappa shape index (κ2) is 3.85. The highest BCUT2D eigenvalue weighted by Gasteiger charge is 2.38. The fourth-order valence-corrected chi connectivity index (χ4v) is 0.801. The maximum absolute atomic E-state index is 12.1. The standard InChI is InChI=1S/C7H4F3N2.FH/c8-7(9,10)5-3-1-2-4-6(5)12-11;/h1-4H;1H/q+1;/p-1. The minimum atomic E-state index is -4.47. The molecule has 2 nitrogen and oxygen atoms in total. The van der Waals surface area contributed by atoms with Crippen LogP contribution in [-0.4, -0.2) is 0 Å². The molecule has 0 aliphatic carbocycles. The molecule has 1 aromatic rings. The molecule has 0 aromatic heterocycles. The Kier molecular flexibility index (Phi) is 3.36. The Hall–Kier alpha value is -1.64. The lowest BCUT2D eigenvalue weighted by molar-refractivity contribution is -0.136. The molecule has 0 amide bonds. The molecule has 13 heavy (non-hydrogen) atoms. The second-order valence-electron chi connectivity index (χ2n) is 2.11. The van der Waals surface area contributed by atoms with Crippen LogP contribution >= 0.6 is 0 Å². The highest BCUT2D eigenvalue weighted by atomic mass is 19.4. The molecule has 70 valence electrons. The van der Waals surface area contributed by atoms with Crippen molar-refractivity contribution in [3.05, 3.63) is 34.8 Å². The smallest absolute Gasteiger partial charge is 0.424 e. The Morgan fingerprint density at radius 2 is 1.69 bits per heavy atom. The van der Waals surface area contributed by atoms with E-state index in [0.29, 0.717) is 0 Å². The van der Waals surface area contributed by atoms with Gasteiger partial charge in [-0.05, 0) is 6.07 Å². The van der Waals surface area contributed by atoms with Crippen LogP contribution in [0.4, 0.5) is 18.9 Å². The van der Waals surface area contributed by atoms with E-state index in [1.165, 1.54) is 12.1 Å². The Morgan fingerprint density at radius 3 is 2.08 bits per heavy atom. The van der Waals surface area contributed by atoms with Crippen molar-refractivity contribution in [1.29, 1.82) is 5.39 Å². The van der Waals surface area contributed by atoms with Gasteiger partial charge in [0, 0.05) is 6.07 Å². The van der Waals surface area contributed by atoms with Crippen LogP contribution in [0.3, 0.4) is 0 Å². The van der Waals surface area contributed by atoms with Crippen molar-refractivity contribution in [2.45, 2.75) is 6.18 Å². The molecule has 0 aliphatic heterocycles. The molecule has 1 aromatic carbocycles. The van der Waals surface area contributed by atoms with Crippen LogP contribution in [0.15, 0.2) is 24.3 Å². The molecule has 0 N–H and O–H groups in total. The Morgan fingerprint density at radius 1 is 1.15 bits per heavy atom. The fraction of sp³-hybridized carbons (Fsp3) is 0.143. The molecule has 6 heteroatoms. The molecule has 1 rings (SSSR count). The lowest BCUT2D eigenvalue weighted by atomic mass is 10.2. The summed E-state index contributed by atoms with van der Waals surface area (Å²) in [5.74, 6) is 0. The van der Waals surface area contributed by atoms with Crippen LogP contribution in [-0.2, 0) is 6.18 Å². The summed E-state index contributed by atoms with van der Waals surface area (Å²) in [5, 5.41) is 8.21. The molecule has 0 heterocycles. The summed E-state index contributed by atoms with van der Waals surface area (Å²) in [7, 11) is 0. The first-order chi connectivity index (χ1) is 5.55. The van der Waals surface area contributed by atoms with E-state index in [-0.39, 0.29) is 4.70 Å². The number of rotatable bonds is 0. The van der Waals surface area contributed by atoms with Gasteiger partial charge in [0.15, 0.2) is 10.5 Å². The zero-order valence-corrected chi connectivity index (χ0v) is 6.22. The zero-order valence-electron chi connectivity index (χ0n) is 6.22. The fourth-order valence-electron chi connectivity index (χ4n) is 0.801. The first-order valence-corrected chi connectivity index (χ1v) is 3.07. The molecule has 0 radical (unpaired) electrons. The zero-order chi connectivity index (χ0) is 9.19. The SMILES string of the molecule is N#[N+]c1ccccc1C(F)(F)F.[F-]. The van der Waals surface area contributed by atoms with Crippen LogP contribution in [0.2, 0.25) is 0 Å². The minimum Gasteiger partial charge on any atom is -1.00 e. The number of alkyl halides is 3. The van der Waals surface area contributed by atoms with Gasteiger partial charge in [0.2, 0.25) is 5.39 Å². The van der Waals surface area contributed by atoms with Gasteiger partial charge in [0.05, 0.1) is 0 Å². The van der Waals surface area contributed by atoms with E-state index in [0.717, 1.165) is 12.1 Å². The van der Waals surface area contributed by atoms with E-state index in [9.17, 15) is 13.2 Å². The molecule has 0 atom stereocenters. The maximum atomic E-state index is 12.1. The highest BCUT2D eigenvalue weighted by molar-refractivity contribution is 5.52. The molecule has 0 spiro atoms. The summed E-state index contributed by atoms with van der Waals surface area (Å²) < 4.78 is 36.2. The molecule has 0 unspecified atom stereocenters. The number of halogens is 4. The topological polar surface area (TPSA) is 28.1 Å². The predicted octanol–water partition coefficient (Wildman–Crippen LogP) is 0.194. The van der Waals surface area contributed by atoms with Gasteiger partial charge < -0.3 is 4.70 Å². The second-order valence-corrected chi connectivity index (χ2v) is 2.11. The summed E-state index contributed by atoms with van der Waals surface area (Å²) >= 11 is 0. The number of hydrogen-bond donors (Lipinski definition) is 0. The van der Waals surface area contributed by atoms with Gasteiger partial charge in [-0.2, -0.15) is 13.2 Å². The van der Waals surface area contributed by atoms with Crippen molar-refractivity contribution in [3.8, 4) is 0 Å². The van der Waals surface area contributed by atoms with E-state index in [2.05, 4.69) is 4.98 Å². The first kappa shape index (κ1) is 11.4. The average molecular weight is 192 g/mol. The molecule has 0 aliphatic rings. The van der Waals surface area contributed by atoms with E-state index in [1.54, 1.807) is 0 Å². The monoisotopic (exact) mass is 192 g/mol. The van der Waals surface area contributed by atoms with Gasteiger partial charge >= 0.3 is 11.9 Å². The summed E-state index contributed by atoms with van der Waals surface area (Å²) in [4.78, 5) is 2.52. The highest BCUT2D eigenvalue weighted by Crippen LogP contribution is 2.35. The van der Waals surface area contributed by atoms with Crippen LogP contribution < -0.4 is 4.70 Å². The summed E-state index contributed by atoms with van der Waals surface area (Å²) in [6.45, 7) is 0. The number of nitrogens with zero attached hydrogens (tertiary/aromatic N) is 2. The van der Waals surface area contributed by atoms with Crippen molar-refractivity contribution < 1.29 is 17.9 Å². The first-order valence-electron chi connectivity index (χ1n) is 3.07. The molecule has 0 bridgehead atoms. The van der Waals surface area contributed by atoms with Gasteiger partial charge in [-0.3, -0.25) is 0 Å².